The first-order valence-corrected chi connectivity index (χ1v) is 14.2. The van der Waals surface area contributed by atoms with Gasteiger partial charge >= 0.3 is 6.18 Å². The number of fused-ring (bicyclic) bond motifs is 1. The molecule has 0 aliphatic carbocycles. The maximum atomic E-state index is 13.5. The molecule has 1 aliphatic rings. The normalized spacial score (nSPS) is 14.2. The number of anilines is 2. The van der Waals surface area contributed by atoms with Gasteiger partial charge in [0.2, 0.25) is 5.88 Å². The van der Waals surface area contributed by atoms with Gasteiger partial charge in [-0.1, -0.05) is 0 Å². The Kier molecular flexibility index (Phi) is 7.96. The lowest BCUT2D eigenvalue weighted by atomic mass is 10.2. The van der Waals surface area contributed by atoms with E-state index < -0.39 is 11.7 Å². The summed E-state index contributed by atoms with van der Waals surface area (Å²) in [6.07, 6.45) is 0.815. The van der Waals surface area contributed by atoms with Crippen LogP contribution in [0.3, 0.4) is 0 Å². The van der Waals surface area contributed by atoms with Gasteiger partial charge in [-0.15, -0.1) is 0 Å². The standard InChI is InChI=1S/C33H31F3N6O2/c1-39(26-5-3-25(4-6-26)33(34,35)36)27-7-10-31(38-21-27)44-28-8-9-29-24(19-28)20-30(40(29)2)32(43)42-17-15-41(16-18-42)22-23-11-13-37-14-12-23/h3-14,19-21H,15-18,22H2,1-2H3. The largest absolute Gasteiger partial charge is 0.439 e. The zero-order valence-corrected chi connectivity index (χ0v) is 24.3. The second-order valence-electron chi connectivity index (χ2n) is 10.8. The number of amides is 1. The molecule has 6 rings (SSSR count). The van der Waals surface area contributed by atoms with Crippen LogP contribution in [0.1, 0.15) is 21.6 Å². The summed E-state index contributed by atoms with van der Waals surface area (Å²) in [4.78, 5) is 27.9. The highest BCUT2D eigenvalue weighted by molar-refractivity contribution is 5.99. The Labute approximate surface area is 252 Å². The van der Waals surface area contributed by atoms with Gasteiger partial charge in [0.05, 0.1) is 17.4 Å². The number of nitrogens with zero attached hydrogens (tertiary/aromatic N) is 6. The molecule has 1 saturated heterocycles. The monoisotopic (exact) mass is 600 g/mol. The number of carbonyl (C=O) groups is 1. The molecule has 0 bridgehead atoms. The Balaban J connectivity index is 1.09. The fourth-order valence-electron chi connectivity index (χ4n) is 5.39. The lowest BCUT2D eigenvalue weighted by Gasteiger charge is -2.34. The fourth-order valence-corrected chi connectivity index (χ4v) is 5.39. The molecule has 1 aliphatic heterocycles. The van der Waals surface area contributed by atoms with Crippen LogP contribution in [0, 0.1) is 0 Å². The molecule has 0 atom stereocenters. The molecule has 11 heteroatoms. The van der Waals surface area contributed by atoms with Gasteiger partial charge < -0.3 is 19.1 Å². The molecule has 1 fully saturated rings. The van der Waals surface area contributed by atoms with E-state index in [1.54, 1.807) is 42.7 Å². The van der Waals surface area contributed by atoms with Crippen molar-refractivity contribution in [1.82, 2.24) is 24.3 Å². The molecular weight excluding hydrogens is 569 g/mol. The van der Waals surface area contributed by atoms with Crippen LogP contribution in [-0.2, 0) is 19.8 Å². The molecule has 0 N–H and O–H groups in total. The average molecular weight is 601 g/mol. The summed E-state index contributed by atoms with van der Waals surface area (Å²) in [7, 11) is 3.65. The van der Waals surface area contributed by atoms with E-state index in [0.29, 0.717) is 41.8 Å². The van der Waals surface area contributed by atoms with Crippen LogP contribution in [0.15, 0.2) is 91.4 Å². The molecule has 1 amide bonds. The van der Waals surface area contributed by atoms with E-state index in [9.17, 15) is 18.0 Å². The number of rotatable bonds is 7. The molecule has 0 unspecified atom stereocenters. The van der Waals surface area contributed by atoms with E-state index in [0.717, 1.165) is 42.7 Å². The van der Waals surface area contributed by atoms with Crippen molar-refractivity contribution in [2.24, 2.45) is 7.05 Å². The van der Waals surface area contributed by atoms with Crippen LogP contribution in [-0.4, -0.2) is 63.5 Å². The molecule has 226 valence electrons. The number of piperazine rings is 1. The van der Waals surface area contributed by atoms with E-state index in [4.69, 9.17) is 4.74 Å². The van der Waals surface area contributed by atoms with Crippen LogP contribution in [0.25, 0.3) is 10.9 Å². The number of alkyl halides is 3. The maximum Gasteiger partial charge on any atom is 0.416 e. The number of carbonyl (C=O) groups excluding carboxylic acids is 1. The number of halogens is 3. The molecule has 5 aromatic rings. The first-order valence-electron chi connectivity index (χ1n) is 14.2. The number of aryl methyl sites for hydroxylation is 1. The first kappa shape index (κ1) is 29.2. The van der Waals surface area contributed by atoms with Crippen LogP contribution < -0.4 is 9.64 Å². The van der Waals surface area contributed by atoms with Crippen molar-refractivity contribution >= 4 is 28.2 Å². The molecule has 0 spiro atoms. The fraction of sp³-hybridized carbons (Fsp3) is 0.242. The lowest BCUT2D eigenvalue weighted by Crippen LogP contribution is -2.48. The third-order valence-corrected chi connectivity index (χ3v) is 7.96. The molecule has 2 aromatic carbocycles. The van der Waals surface area contributed by atoms with Crippen molar-refractivity contribution < 1.29 is 22.7 Å². The van der Waals surface area contributed by atoms with Gasteiger partial charge in [0, 0.05) is 81.9 Å². The van der Waals surface area contributed by atoms with Crippen molar-refractivity contribution in [3.05, 3.63) is 108 Å². The molecule has 44 heavy (non-hydrogen) atoms. The first-order chi connectivity index (χ1) is 21.2. The summed E-state index contributed by atoms with van der Waals surface area (Å²) in [5.41, 5.74) is 3.34. The van der Waals surface area contributed by atoms with Gasteiger partial charge in [-0.2, -0.15) is 13.2 Å². The number of ether oxygens (including phenoxy) is 1. The summed E-state index contributed by atoms with van der Waals surface area (Å²) in [6, 6.07) is 20.0. The summed E-state index contributed by atoms with van der Waals surface area (Å²) >= 11 is 0. The van der Waals surface area contributed by atoms with Gasteiger partial charge in [0.1, 0.15) is 11.4 Å². The van der Waals surface area contributed by atoms with Gasteiger partial charge in [-0.25, -0.2) is 4.98 Å². The Bertz CT molecular complexity index is 1750. The minimum Gasteiger partial charge on any atom is -0.439 e. The number of benzene rings is 2. The lowest BCUT2D eigenvalue weighted by molar-refractivity contribution is -0.137. The Morgan fingerprint density at radius 2 is 1.61 bits per heavy atom. The smallest absolute Gasteiger partial charge is 0.416 e. The summed E-state index contributed by atoms with van der Waals surface area (Å²) in [6.45, 7) is 3.78. The van der Waals surface area contributed by atoms with E-state index in [-0.39, 0.29) is 5.91 Å². The quantitative estimate of drug-likeness (QED) is 0.212. The highest BCUT2D eigenvalue weighted by Gasteiger charge is 2.30. The summed E-state index contributed by atoms with van der Waals surface area (Å²) in [5, 5.41) is 0.878. The van der Waals surface area contributed by atoms with Gasteiger partial charge in [-0.05, 0) is 72.3 Å². The molecular formula is C33H31F3N6O2. The van der Waals surface area contributed by atoms with E-state index in [1.807, 2.05) is 52.9 Å². The predicted octanol–water partition coefficient (Wildman–Crippen LogP) is 6.51. The van der Waals surface area contributed by atoms with Crippen LogP contribution in [0.2, 0.25) is 0 Å². The van der Waals surface area contributed by atoms with Gasteiger partial charge in [-0.3, -0.25) is 14.7 Å². The third kappa shape index (κ3) is 6.23. The van der Waals surface area contributed by atoms with Crippen molar-refractivity contribution in [2.45, 2.75) is 12.7 Å². The zero-order valence-electron chi connectivity index (χ0n) is 24.3. The topological polar surface area (TPSA) is 66.7 Å². The molecule has 0 saturated carbocycles. The van der Waals surface area contributed by atoms with Crippen LogP contribution in [0.5, 0.6) is 11.6 Å². The number of hydrogen-bond donors (Lipinski definition) is 0. The molecule has 4 heterocycles. The Hall–Kier alpha value is -4.90. The van der Waals surface area contributed by atoms with E-state index >= 15 is 0 Å². The molecule has 3 aromatic heterocycles. The second kappa shape index (κ2) is 12.0. The van der Waals surface area contributed by atoms with E-state index in [1.165, 1.54) is 17.7 Å². The van der Waals surface area contributed by atoms with Crippen LogP contribution in [0.4, 0.5) is 24.5 Å². The molecule has 8 nitrogen and oxygen atoms in total. The van der Waals surface area contributed by atoms with Crippen molar-refractivity contribution in [3.8, 4) is 11.6 Å². The van der Waals surface area contributed by atoms with Crippen LogP contribution >= 0.6 is 0 Å². The summed E-state index contributed by atoms with van der Waals surface area (Å²) < 4.78 is 46.6. The maximum absolute atomic E-state index is 13.5. The second-order valence-corrected chi connectivity index (χ2v) is 10.8. The van der Waals surface area contributed by atoms with Gasteiger partial charge in [0.25, 0.3) is 5.91 Å². The average Bonchev–Trinajstić information content (AvgIpc) is 3.36. The van der Waals surface area contributed by atoms with Crippen molar-refractivity contribution in [2.75, 3.05) is 38.1 Å². The Morgan fingerprint density at radius 1 is 0.909 bits per heavy atom. The minimum absolute atomic E-state index is 0.00384. The van der Waals surface area contributed by atoms with Gasteiger partial charge in [0.15, 0.2) is 0 Å². The Morgan fingerprint density at radius 3 is 2.27 bits per heavy atom. The highest BCUT2D eigenvalue weighted by atomic mass is 19.4. The predicted molar refractivity (Wildman–Crippen MR) is 162 cm³/mol. The number of hydrogen-bond acceptors (Lipinski definition) is 6. The number of pyridine rings is 2. The minimum atomic E-state index is -4.38. The zero-order chi connectivity index (χ0) is 30.8. The van der Waals surface area contributed by atoms with Crippen molar-refractivity contribution in [1.29, 1.82) is 0 Å². The molecule has 0 radical (unpaired) electrons. The summed E-state index contributed by atoms with van der Waals surface area (Å²) in [5.74, 6) is 0.943. The number of aromatic nitrogens is 3. The SMILES string of the molecule is CN(c1ccc(C(F)(F)F)cc1)c1ccc(Oc2ccc3c(c2)cc(C(=O)N2CCN(Cc4ccncc4)CC2)n3C)nc1. The highest BCUT2D eigenvalue weighted by Crippen LogP contribution is 2.33. The van der Waals surface area contributed by atoms with E-state index in [2.05, 4.69) is 14.9 Å². The third-order valence-electron chi connectivity index (χ3n) is 7.96. The van der Waals surface area contributed by atoms with Crippen molar-refractivity contribution in [3.63, 3.8) is 0 Å².